The maximum atomic E-state index is 12.6. The fourth-order valence-corrected chi connectivity index (χ4v) is 2.72. The lowest BCUT2D eigenvalue weighted by Crippen LogP contribution is -2.41. The van der Waals surface area contributed by atoms with Crippen LogP contribution in [0.25, 0.3) is 0 Å². The van der Waals surface area contributed by atoms with Gasteiger partial charge in [-0.25, -0.2) is 0 Å². The second-order valence-corrected chi connectivity index (χ2v) is 5.99. The molecule has 1 aliphatic heterocycles. The highest BCUT2D eigenvalue weighted by molar-refractivity contribution is 5.97. The number of carbonyl (C=O) groups excluding carboxylic acids is 2. The molecule has 146 valence electrons. The minimum Gasteiger partial charge on any atom is -0.466 e. The van der Waals surface area contributed by atoms with Gasteiger partial charge in [0.15, 0.2) is 0 Å². The summed E-state index contributed by atoms with van der Waals surface area (Å²) in [7, 11) is 3.20. The Hall–Kier alpha value is -2.11. The summed E-state index contributed by atoms with van der Waals surface area (Å²) in [5.74, 6) is -0.691. The van der Waals surface area contributed by atoms with Crippen molar-refractivity contribution >= 4 is 11.9 Å². The molecule has 0 atom stereocenters. The van der Waals surface area contributed by atoms with Crippen molar-refractivity contribution in [3.05, 3.63) is 11.8 Å². The third kappa shape index (κ3) is 7.02. The van der Waals surface area contributed by atoms with Crippen LogP contribution in [0.1, 0.15) is 19.8 Å². The van der Waals surface area contributed by atoms with E-state index < -0.39 is 0 Å². The summed E-state index contributed by atoms with van der Waals surface area (Å²) in [6, 6.07) is 1.99. The molecule has 0 N–H and O–H groups in total. The highest BCUT2D eigenvalue weighted by Crippen LogP contribution is 2.20. The Bertz CT molecular complexity index is 513. The van der Waals surface area contributed by atoms with Crippen LogP contribution in [0.2, 0.25) is 0 Å². The lowest BCUT2D eigenvalue weighted by atomic mass is 9.96. The van der Waals surface area contributed by atoms with E-state index >= 15 is 0 Å². The van der Waals surface area contributed by atoms with Crippen LogP contribution in [0.3, 0.4) is 0 Å². The second-order valence-electron chi connectivity index (χ2n) is 5.99. The van der Waals surface area contributed by atoms with Gasteiger partial charge < -0.3 is 24.0 Å². The van der Waals surface area contributed by atoms with E-state index in [1.807, 2.05) is 11.0 Å². The molecule has 8 nitrogen and oxygen atoms in total. The Kier molecular flexibility index (Phi) is 10.4. The van der Waals surface area contributed by atoms with Crippen molar-refractivity contribution in [1.82, 2.24) is 9.80 Å². The third-order valence-corrected chi connectivity index (χ3v) is 4.23. The van der Waals surface area contributed by atoms with Gasteiger partial charge in [-0.3, -0.25) is 9.59 Å². The fraction of sp³-hybridized carbons (Fsp3) is 0.722. The molecule has 26 heavy (non-hydrogen) atoms. The number of carbonyl (C=O) groups is 2. The van der Waals surface area contributed by atoms with E-state index in [1.54, 1.807) is 32.2 Å². The van der Waals surface area contributed by atoms with E-state index in [4.69, 9.17) is 14.2 Å². The van der Waals surface area contributed by atoms with Crippen molar-refractivity contribution in [3.8, 4) is 6.07 Å². The fourth-order valence-electron chi connectivity index (χ4n) is 2.72. The average molecular weight is 367 g/mol. The van der Waals surface area contributed by atoms with Crippen molar-refractivity contribution in [2.24, 2.45) is 5.92 Å². The Balaban J connectivity index is 2.69. The van der Waals surface area contributed by atoms with Crippen molar-refractivity contribution in [3.63, 3.8) is 0 Å². The Morgan fingerprint density at radius 3 is 2.23 bits per heavy atom. The van der Waals surface area contributed by atoms with Crippen LogP contribution in [-0.4, -0.2) is 81.9 Å². The normalized spacial score (nSPS) is 15.5. The Morgan fingerprint density at radius 1 is 1.19 bits per heavy atom. The molecular weight excluding hydrogens is 338 g/mol. The van der Waals surface area contributed by atoms with Gasteiger partial charge in [0.25, 0.3) is 5.91 Å². The number of piperidine rings is 1. The first kappa shape index (κ1) is 21.9. The predicted octanol–water partition coefficient (Wildman–Crippen LogP) is 0.790. The van der Waals surface area contributed by atoms with Gasteiger partial charge in [0, 0.05) is 46.6 Å². The van der Waals surface area contributed by atoms with Crippen molar-refractivity contribution in [2.75, 3.05) is 60.2 Å². The summed E-state index contributed by atoms with van der Waals surface area (Å²) in [4.78, 5) is 27.9. The topological polar surface area (TPSA) is 92.1 Å². The molecule has 0 unspecified atom stereocenters. The molecular formula is C18H29N3O5. The van der Waals surface area contributed by atoms with Gasteiger partial charge in [-0.1, -0.05) is 0 Å². The highest BCUT2D eigenvalue weighted by Gasteiger charge is 2.29. The highest BCUT2D eigenvalue weighted by atomic mass is 16.5. The van der Waals surface area contributed by atoms with Gasteiger partial charge in [-0.05, 0) is 19.8 Å². The summed E-state index contributed by atoms with van der Waals surface area (Å²) >= 11 is 0. The Morgan fingerprint density at radius 2 is 1.77 bits per heavy atom. The summed E-state index contributed by atoms with van der Waals surface area (Å²) in [5, 5.41) is 9.41. The smallest absolute Gasteiger partial charge is 0.309 e. The number of nitrogens with zero attached hydrogens (tertiary/aromatic N) is 3. The van der Waals surface area contributed by atoms with Crippen LogP contribution in [0.5, 0.6) is 0 Å². The lowest BCUT2D eigenvalue weighted by Gasteiger charge is -2.31. The first-order valence-electron chi connectivity index (χ1n) is 8.87. The van der Waals surface area contributed by atoms with Gasteiger partial charge in [-0.15, -0.1) is 0 Å². The number of likely N-dealkylation sites (tertiary alicyclic amines) is 1. The molecule has 1 rings (SSSR count). The van der Waals surface area contributed by atoms with Gasteiger partial charge >= 0.3 is 5.97 Å². The zero-order valence-electron chi connectivity index (χ0n) is 15.9. The summed E-state index contributed by atoms with van der Waals surface area (Å²) in [5.41, 5.74) is 0.0757. The average Bonchev–Trinajstić information content (AvgIpc) is 2.67. The van der Waals surface area contributed by atoms with Crippen LogP contribution in [0, 0.1) is 17.2 Å². The molecule has 0 spiro atoms. The maximum absolute atomic E-state index is 12.6. The number of nitriles is 1. The quantitative estimate of drug-likeness (QED) is 0.320. The molecule has 0 aromatic carbocycles. The van der Waals surface area contributed by atoms with E-state index in [0.29, 0.717) is 58.8 Å². The molecule has 1 saturated heterocycles. The van der Waals surface area contributed by atoms with Crippen LogP contribution in [-0.2, 0) is 23.8 Å². The molecule has 8 heteroatoms. The molecule has 1 amide bonds. The van der Waals surface area contributed by atoms with E-state index in [1.165, 1.54) is 0 Å². The van der Waals surface area contributed by atoms with Crippen LogP contribution in [0.15, 0.2) is 11.8 Å². The number of hydrogen-bond acceptors (Lipinski definition) is 7. The SMILES string of the molecule is CCOC(=O)C1CCN(C(=O)/C(C#N)=C\N(CCOC)CCOC)CC1. The number of ether oxygens (including phenoxy) is 3. The Labute approximate surface area is 155 Å². The van der Waals surface area contributed by atoms with Gasteiger partial charge in [-0.2, -0.15) is 5.26 Å². The second kappa shape index (κ2) is 12.3. The number of rotatable bonds is 10. The summed E-state index contributed by atoms with van der Waals surface area (Å²) < 4.78 is 15.2. The molecule has 0 saturated carbocycles. The first-order valence-corrected chi connectivity index (χ1v) is 8.87. The molecule has 0 radical (unpaired) electrons. The molecule has 0 bridgehead atoms. The predicted molar refractivity (Wildman–Crippen MR) is 95.0 cm³/mol. The summed E-state index contributed by atoms with van der Waals surface area (Å²) in [6.07, 6.45) is 2.68. The number of methoxy groups -OCH3 is 2. The minimum atomic E-state index is -0.311. The van der Waals surface area contributed by atoms with Crippen molar-refractivity contribution < 1.29 is 23.8 Å². The van der Waals surface area contributed by atoms with Gasteiger partial charge in [0.1, 0.15) is 11.6 Å². The number of esters is 1. The molecule has 1 heterocycles. The van der Waals surface area contributed by atoms with Gasteiger partial charge in [0.05, 0.1) is 25.7 Å². The molecule has 0 aromatic rings. The van der Waals surface area contributed by atoms with Gasteiger partial charge in [0.2, 0.25) is 0 Å². The zero-order chi connectivity index (χ0) is 19.4. The first-order chi connectivity index (χ1) is 12.6. The standard InChI is InChI=1S/C18H29N3O5/c1-4-26-18(23)15-5-7-21(8-6-15)17(22)16(13-19)14-20(9-11-24-2)10-12-25-3/h14-15H,4-12H2,1-3H3/b16-14-. The van der Waals surface area contributed by atoms with E-state index in [9.17, 15) is 14.9 Å². The molecule has 0 aromatic heterocycles. The van der Waals surface area contributed by atoms with Crippen LogP contribution < -0.4 is 0 Å². The number of hydrogen-bond donors (Lipinski definition) is 0. The number of amides is 1. The molecule has 0 aliphatic carbocycles. The van der Waals surface area contributed by atoms with Crippen LogP contribution in [0.4, 0.5) is 0 Å². The van der Waals surface area contributed by atoms with Crippen molar-refractivity contribution in [1.29, 1.82) is 5.26 Å². The largest absolute Gasteiger partial charge is 0.466 e. The van der Waals surface area contributed by atoms with E-state index in [0.717, 1.165) is 0 Å². The summed E-state index contributed by atoms with van der Waals surface area (Å²) in [6.45, 7) is 5.11. The third-order valence-electron chi connectivity index (χ3n) is 4.23. The van der Waals surface area contributed by atoms with Crippen molar-refractivity contribution in [2.45, 2.75) is 19.8 Å². The minimum absolute atomic E-state index is 0.0757. The monoisotopic (exact) mass is 367 g/mol. The maximum Gasteiger partial charge on any atom is 0.309 e. The lowest BCUT2D eigenvalue weighted by molar-refractivity contribution is -0.150. The van der Waals surface area contributed by atoms with Crippen LogP contribution >= 0.6 is 0 Å². The van der Waals surface area contributed by atoms with E-state index in [2.05, 4.69) is 0 Å². The van der Waals surface area contributed by atoms with E-state index in [-0.39, 0.29) is 23.4 Å². The zero-order valence-corrected chi connectivity index (χ0v) is 15.9. The molecule has 1 fully saturated rings. The molecule has 1 aliphatic rings.